The Balaban J connectivity index is 2.13. The average Bonchev–Trinajstić information content (AvgIpc) is 2.46. The highest BCUT2D eigenvalue weighted by atomic mass is 19.1. The molecule has 0 spiro atoms. The van der Waals surface area contributed by atoms with Crippen LogP contribution in [-0.4, -0.2) is 5.78 Å². The van der Waals surface area contributed by atoms with Crippen LogP contribution in [-0.2, 0) is 6.42 Å². The van der Waals surface area contributed by atoms with E-state index in [1.54, 1.807) is 0 Å². The van der Waals surface area contributed by atoms with Crippen LogP contribution >= 0.6 is 0 Å². The van der Waals surface area contributed by atoms with Gasteiger partial charge < -0.3 is 0 Å². The monoisotopic (exact) mass is 256 g/mol. The fourth-order valence-corrected chi connectivity index (χ4v) is 1.97. The molecule has 0 bridgehead atoms. The molecule has 98 valence electrons. The van der Waals surface area contributed by atoms with Crippen molar-refractivity contribution >= 4 is 5.78 Å². The molecule has 0 aromatic heterocycles. The van der Waals surface area contributed by atoms with E-state index in [4.69, 9.17) is 0 Å². The van der Waals surface area contributed by atoms with Gasteiger partial charge in [-0.05, 0) is 42.7 Å². The van der Waals surface area contributed by atoms with Crippen LogP contribution in [0.25, 0.3) is 0 Å². The zero-order chi connectivity index (χ0) is 13.7. The fourth-order valence-electron chi connectivity index (χ4n) is 1.97. The Labute approximate surface area is 113 Å². The first kappa shape index (κ1) is 13.5. The molecular weight excluding hydrogens is 239 g/mol. The molecule has 0 N–H and O–H groups in total. The average molecular weight is 256 g/mol. The third-order valence-electron chi connectivity index (χ3n) is 3.14. The number of halogens is 1. The van der Waals surface area contributed by atoms with Crippen molar-refractivity contribution in [3.63, 3.8) is 0 Å². The maximum absolute atomic E-state index is 12.8. The lowest BCUT2D eigenvalue weighted by molar-refractivity contribution is 0.103. The van der Waals surface area contributed by atoms with Gasteiger partial charge in [0, 0.05) is 11.1 Å². The highest BCUT2D eigenvalue weighted by Gasteiger charge is 2.08. The minimum Gasteiger partial charge on any atom is -0.289 e. The summed E-state index contributed by atoms with van der Waals surface area (Å²) in [5, 5.41) is 0. The number of unbranched alkanes of at least 4 members (excludes halogenated alkanes) is 1. The summed E-state index contributed by atoms with van der Waals surface area (Å²) in [5.41, 5.74) is 2.41. The van der Waals surface area contributed by atoms with Gasteiger partial charge in [-0.3, -0.25) is 4.79 Å². The number of benzene rings is 2. The second-order valence-electron chi connectivity index (χ2n) is 4.64. The van der Waals surface area contributed by atoms with Gasteiger partial charge in [0.15, 0.2) is 5.78 Å². The third-order valence-corrected chi connectivity index (χ3v) is 3.14. The SMILES string of the molecule is CCCCc1ccc(C(=O)c2ccc(F)cc2)cc1. The lowest BCUT2D eigenvalue weighted by atomic mass is 10.0. The highest BCUT2D eigenvalue weighted by Crippen LogP contribution is 2.13. The first-order valence-electron chi connectivity index (χ1n) is 6.60. The van der Waals surface area contributed by atoms with Crippen LogP contribution in [0.3, 0.4) is 0 Å². The number of rotatable bonds is 5. The molecular formula is C17H17FO. The topological polar surface area (TPSA) is 17.1 Å². The van der Waals surface area contributed by atoms with E-state index in [0.717, 1.165) is 19.3 Å². The molecule has 0 saturated carbocycles. The van der Waals surface area contributed by atoms with Crippen molar-refractivity contribution < 1.29 is 9.18 Å². The van der Waals surface area contributed by atoms with Crippen LogP contribution < -0.4 is 0 Å². The molecule has 2 heteroatoms. The van der Waals surface area contributed by atoms with Crippen molar-refractivity contribution in [2.24, 2.45) is 0 Å². The molecule has 0 aliphatic heterocycles. The van der Waals surface area contributed by atoms with Crippen molar-refractivity contribution in [1.82, 2.24) is 0 Å². The summed E-state index contributed by atoms with van der Waals surface area (Å²) >= 11 is 0. The van der Waals surface area contributed by atoms with Crippen LogP contribution in [0.5, 0.6) is 0 Å². The predicted molar refractivity (Wildman–Crippen MR) is 74.9 cm³/mol. The van der Waals surface area contributed by atoms with E-state index in [1.807, 2.05) is 24.3 Å². The van der Waals surface area contributed by atoms with Crippen LogP contribution in [0, 0.1) is 5.82 Å². The molecule has 0 amide bonds. The van der Waals surface area contributed by atoms with Gasteiger partial charge in [-0.25, -0.2) is 4.39 Å². The first-order valence-corrected chi connectivity index (χ1v) is 6.60. The zero-order valence-corrected chi connectivity index (χ0v) is 11.0. The summed E-state index contributed by atoms with van der Waals surface area (Å²) in [7, 11) is 0. The number of carbonyl (C=O) groups is 1. The number of hydrogen-bond donors (Lipinski definition) is 0. The normalized spacial score (nSPS) is 10.4. The Bertz CT molecular complexity index is 540. The Morgan fingerprint density at radius 3 is 2.00 bits per heavy atom. The summed E-state index contributed by atoms with van der Waals surface area (Å²) < 4.78 is 12.8. The largest absolute Gasteiger partial charge is 0.289 e. The summed E-state index contributed by atoms with van der Waals surface area (Å²) in [6.45, 7) is 2.16. The predicted octanol–water partition coefficient (Wildman–Crippen LogP) is 4.40. The van der Waals surface area contributed by atoms with E-state index in [9.17, 15) is 9.18 Å². The molecule has 2 aromatic carbocycles. The Morgan fingerprint density at radius 1 is 0.947 bits per heavy atom. The van der Waals surface area contributed by atoms with Gasteiger partial charge >= 0.3 is 0 Å². The zero-order valence-electron chi connectivity index (χ0n) is 11.0. The molecule has 0 aliphatic rings. The van der Waals surface area contributed by atoms with E-state index in [-0.39, 0.29) is 11.6 Å². The maximum Gasteiger partial charge on any atom is 0.193 e. The maximum atomic E-state index is 12.8. The van der Waals surface area contributed by atoms with Gasteiger partial charge in [0.2, 0.25) is 0 Å². The van der Waals surface area contributed by atoms with E-state index in [0.29, 0.717) is 11.1 Å². The van der Waals surface area contributed by atoms with E-state index >= 15 is 0 Å². The lowest BCUT2D eigenvalue weighted by Crippen LogP contribution is -2.01. The van der Waals surface area contributed by atoms with Crippen molar-refractivity contribution in [2.45, 2.75) is 26.2 Å². The second-order valence-corrected chi connectivity index (χ2v) is 4.64. The third kappa shape index (κ3) is 3.50. The van der Waals surface area contributed by atoms with Crippen LogP contribution in [0.2, 0.25) is 0 Å². The molecule has 2 rings (SSSR count). The molecule has 0 saturated heterocycles. The van der Waals surface area contributed by atoms with Crippen LogP contribution in [0.4, 0.5) is 4.39 Å². The molecule has 2 aromatic rings. The van der Waals surface area contributed by atoms with Gasteiger partial charge in [0.1, 0.15) is 5.82 Å². The van der Waals surface area contributed by atoms with Crippen molar-refractivity contribution in [1.29, 1.82) is 0 Å². The highest BCUT2D eigenvalue weighted by molar-refractivity contribution is 6.08. The van der Waals surface area contributed by atoms with E-state index < -0.39 is 0 Å². The van der Waals surface area contributed by atoms with Gasteiger partial charge in [-0.15, -0.1) is 0 Å². The minimum absolute atomic E-state index is 0.0676. The van der Waals surface area contributed by atoms with Gasteiger partial charge in [0.25, 0.3) is 0 Å². The van der Waals surface area contributed by atoms with Crippen LogP contribution in [0.1, 0.15) is 41.3 Å². The molecule has 0 atom stereocenters. The molecule has 19 heavy (non-hydrogen) atoms. The van der Waals surface area contributed by atoms with E-state index in [1.165, 1.54) is 29.8 Å². The van der Waals surface area contributed by atoms with Crippen LogP contribution in [0.15, 0.2) is 48.5 Å². The van der Waals surface area contributed by atoms with Crippen molar-refractivity contribution in [3.05, 3.63) is 71.0 Å². The molecule has 0 radical (unpaired) electrons. The van der Waals surface area contributed by atoms with E-state index in [2.05, 4.69) is 6.92 Å². The van der Waals surface area contributed by atoms with Gasteiger partial charge in [0.05, 0.1) is 0 Å². The molecule has 0 fully saturated rings. The molecule has 0 aliphatic carbocycles. The molecule has 0 heterocycles. The summed E-state index contributed by atoms with van der Waals surface area (Å²) in [6.07, 6.45) is 3.36. The first-order chi connectivity index (χ1) is 9.20. The van der Waals surface area contributed by atoms with Gasteiger partial charge in [-0.1, -0.05) is 37.6 Å². The quantitative estimate of drug-likeness (QED) is 0.725. The van der Waals surface area contributed by atoms with Crippen molar-refractivity contribution in [2.75, 3.05) is 0 Å². The minimum atomic E-state index is -0.327. The summed E-state index contributed by atoms with van der Waals surface area (Å²) in [5.74, 6) is -0.395. The van der Waals surface area contributed by atoms with Crippen molar-refractivity contribution in [3.8, 4) is 0 Å². The summed E-state index contributed by atoms with van der Waals surface area (Å²) in [4.78, 5) is 12.2. The molecule has 0 unspecified atom stereocenters. The fraction of sp³-hybridized carbons (Fsp3) is 0.235. The Morgan fingerprint density at radius 2 is 1.47 bits per heavy atom. The number of ketones is 1. The summed E-state index contributed by atoms with van der Waals surface area (Å²) in [6, 6.07) is 13.3. The standard InChI is InChI=1S/C17H17FO/c1-2-3-4-13-5-7-14(8-6-13)17(19)15-9-11-16(18)12-10-15/h5-12H,2-4H2,1H3. The Hall–Kier alpha value is -1.96. The molecule has 1 nitrogen and oxygen atoms in total. The smallest absolute Gasteiger partial charge is 0.193 e. The number of hydrogen-bond acceptors (Lipinski definition) is 1. The van der Waals surface area contributed by atoms with Gasteiger partial charge in [-0.2, -0.15) is 0 Å². The second kappa shape index (κ2) is 6.28. The number of aryl methyl sites for hydroxylation is 1. The lowest BCUT2D eigenvalue weighted by Gasteiger charge is -2.03. The number of carbonyl (C=O) groups excluding carboxylic acids is 1. The Kier molecular flexibility index (Phi) is 4.45.